The largest absolute Gasteiger partial charge is 0.467 e. The molecule has 4 rings (SSSR count). The predicted molar refractivity (Wildman–Crippen MR) is 107 cm³/mol. The van der Waals surface area contributed by atoms with E-state index < -0.39 is 0 Å². The highest BCUT2D eigenvalue weighted by atomic mass is 16.3. The van der Waals surface area contributed by atoms with Gasteiger partial charge in [0.05, 0.1) is 12.8 Å². The summed E-state index contributed by atoms with van der Waals surface area (Å²) in [5, 5.41) is 6.18. The minimum Gasteiger partial charge on any atom is -0.467 e. The van der Waals surface area contributed by atoms with E-state index in [-0.39, 0.29) is 5.91 Å². The lowest BCUT2D eigenvalue weighted by Crippen LogP contribution is -2.22. The molecule has 0 radical (unpaired) electrons. The maximum absolute atomic E-state index is 12.4. The van der Waals surface area contributed by atoms with E-state index >= 15 is 0 Å². The molecule has 1 amide bonds. The van der Waals surface area contributed by atoms with Gasteiger partial charge in [-0.3, -0.25) is 4.79 Å². The molecule has 28 heavy (non-hydrogen) atoms. The summed E-state index contributed by atoms with van der Waals surface area (Å²) in [4.78, 5) is 23.3. The van der Waals surface area contributed by atoms with Gasteiger partial charge in [0.2, 0.25) is 0 Å². The second kappa shape index (κ2) is 8.56. The van der Waals surface area contributed by atoms with Crippen molar-refractivity contribution in [2.75, 3.05) is 23.3 Å². The quantitative estimate of drug-likeness (QED) is 0.658. The standard InChI is InChI=1S/C21H23N5O2/c27-21(23-14-18-7-4-10-28-18)17-6-3-5-16(11-17)13-22-19-12-20(25-15-24-19)26-8-1-2-9-26/h3-7,10-12,15H,1-2,8-9,13-14H2,(H,23,27)(H,22,24,25). The summed E-state index contributed by atoms with van der Waals surface area (Å²) in [6.45, 7) is 3.04. The molecule has 1 aliphatic heterocycles. The Hall–Kier alpha value is -3.35. The van der Waals surface area contributed by atoms with Gasteiger partial charge in [0.25, 0.3) is 5.91 Å². The van der Waals surface area contributed by atoms with E-state index in [0.717, 1.165) is 36.0 Å². The number of nitrogens with zero attached hydrogens (tertiary/aromatic N) is 3. The van der Waals surface area contributed by atoms with Crippen LogP contribution in [0, 0.1) is 0 Å². The summed E-state index contributed by atoms with van der Waals surface area (Å²) < 4.78 is 5.24. The van der Waals surface area contributed by atoms with Crippen molar-refractivity contribution >= 4 is 17.5 Å². The van der Waals surface area contributed by atoms with Crippen LogP contribution in [0.3, 0.4) is 0 Å². The third kappa shape index (κ3) is 4.49. The average Bonchev–Trinajstić information content (AvgIpc) is 3.45. The zero-order valence-electron chi connectivity index (χ0n) is 15.6. The summed E-state index contributed by atoms with van der Waals surface area (Å²) in [5.41, 5.74) is 1.62. The molecule has 0 aliphatic carbocycles. The Kier molecular flexibility index (Phi) is 5.51. The maximum Gasteiger partial charge on any atom is 0.251 e. The van der Waals surface area contributed by atoms with Gasteiger partial charge in [-0.2, -0.15) is 0 Å². The SMILES string of the molecule is O=C(NCc1ccco1)c1cccc(CNc2cc(N3CCCC3)ncn2)c1. The van der Waals surface area contributed by atoms with Crippen molar-refractivity contribution in [3.63, 3.8) is 0 Å². The van der Waals surface area contributed by atoms with Crippen LogP contribution in [0.25, 0.3) is 0 Å². The topological polar surface area (TPSA) is 83.3 Å². The van der Waals surface area contributed by atoms with Crippen molar-refractivity contribution in [3.8, 4) is 0 Å². The number of benzene rings is 1. The third-order valence-corrected chi connectivity index (χ3v) is 4.75. The van der Waals surface area contributed by atoms with Crippen LogP contribution in [0.2, 0.25) is 0 Å². The minimum absolute atomic E-state index is 0.128. The molecule has 0 unspecified atom stereocenters. The molecule has 1 aromatic carbocycles. The molecule has 2 aromatic heterocycles. The van der Waals surface area contributed by atoms with Gasteiger partial charge in [-0.25, -0.2) is 9.97 Å². The molecule has 1 fully saturated rings. The van der Waals surface area contributed by atoms with E-state index in [1.807, 2.05) is 30.3 Å². The number of rotatable bonds is 7. The van der Waals surface area contributed by atoms with Crippen molar-refractivity contribution in [3.05, 3.63) is 71.9 Å². The summed E-state index contributed by atoms with van der Waals surface area (Å²) in [6.07, 6.45) is 5.60. The van der Waals surface area contributed by atoms with Gasteiger partial charge in [-0.15, -0.1) is 0 Å². The number of amides is 1. The molecule has 1 aliphatic rings. The summed E-state index contributed by atoms with van der Waals surface area (Å²) in [5.74, 6) is 2.34. The smallest absolute Gasteiger partial charge is 0.251 e. The van der Waals surface area contributed by atoms with E-state index in [0.29, 0.717) is 18.7 Å². The number of anilines is 2. The number of hydrogen-bond acceptors (Lipinski definition) is 6. The first-order valence-electron chi connectivity index (χ1n) is 9.48. The Balaban J connectivity index is 1.35. The summed E-state index contributed by atoms with van der Waals surface area (Å²) >= 11 is 0. The van der Waals surface area contributed by atoms with E-state index in [1.165, 1.54) is 12.8 Å². The number of hydrogen-bond donors (Lipinski definition) is 2. The van der Waals surface area contributed by atoms with E-state index in [1.54, 1.807) is 24.7 Å². The first kappa shape index (κ1) is 18.0. The van der Waals surface area contributed by atoms with Crippen LogP contribution in [0.4, 0.5) is 11.6 Å². The van der Waals surface area contributed by atoms with E-state index in [2.05, 4.69) is 25.5 Å². The molecule has 0 bridgehead atoms. The highest BCUT2D eigenvalue weighted by molar-refractivity contribution is 5.94. The molecular weight excluding hydrogens is 354 g/mol. The number of carbonyl (C=O) groups excluding carboxylic acids is 1. The highest BCUT2D eigenvalue weighted by Gasteiger charge is 2.14. The fourth-order valence-corrected chi connectivity index (χ4v) is 3.26. The number of aromatic nitrogens is 2. The van der Waals surface area contributed by atoms with Crippen molar-refractivity contribution in [1.29, 1.82) is 0 Å². The van der Waals surface area contributed by atoms with Gasteiger partial charge < -0.3 is 20.0 Å². The first-order valence-corrected chi connectivity index (χ1v) is 9.48. The lowest BCUT2D eigenvalue weighted by Gasteiger charge is -2.16. The lowest BCUT2D eigenvalue weighted by molar-refractivity contribution is 0.0948. The van der Waals surface area contributed by atoms with E-state index in [9.17, 15) is 4.79 Å². The average molecular weight is 377 g/mol. The predicted octanol–water partition coefficient (Wildman–Crippen LogP) is 3.21. The molecule has 0 atom stereocenters. The number of nitrogens with one attached hydrogen (secondary N) is 2. The monoisotopic (exact) mass is 377 g/mol. The van der Waals surface area contributed by atoms with Crippen LogP contribution in [-0.4, -0.2) is 29.0 Å². The van der Waals surface area contributed by atoms with E-state index in [4.69, 9.17) is 4.42 Å². The van der Waals surface area contributed by atoms with Crippen LogP contribution in [-0.2, 0) is 13.1 Å². The normalized spacial score (nSPS) is 13.5. The molecule has 7 heteroatoms. The second-order valence-electron chi connectivity index (χ2n) is 6.77. The van der Waals surface area contributed by atoms with Gasteiger partial charge in [0.15, 0.2) is 0 Å². The molecule has 2 N–H and O–H groups in total. The van der Waals surface area contributed by atoms with Crippen molar-refractivity contribution in [2.45, 2.75) is 25.9 Å². The zero-order chi connectivity index (χ0) is 19.2. The van der Waals surface area contributed by atoms with Gasteiger partial charge in [-0.1, -0.05) is 12.1 Å². The van der Waals surface area contributed by atoms with Crippen molar-refractivity contribution in [2.24, 2.45) is 0 Å². The number of furan rings is 1. The lowest BCUT2D eigenvalue weighted by atomic mass is 10.1. The third-order valence-electron chi connectivity index (χ3n) is 4.75. The molecule has 0 spiro atoms. The van der Waals surface area contributed by atoms with Crippen LogP contribution >= 0.6 is 0 Å². The van der Waals surface area contributed by atoms with Gasteiger partial charge in [0.1, 0.15) is 23.7 Å². The van der Waals surface area contributed by atoms with Gasteiger partial charge >= 0.3 is 0 Å². The molecule has 0 saturated carbocycles. The summed E-state index contributed by atoms with van der Waals surface area (Å²) in [7, 11) is 0. The molecule has 3 heterocycles. The first-order chi connectivity index (χ1) is 13.8. The Morgan fingerprint density at radius 1 is 1.07 bits per heavy atom. The zero-order valence-corrected chi connectivity index (χ0v) is 15.6. The molecule has 3 aromatic rings. The molecular formula is C21H23N5O2. The van der Waals surface area contributed by atoms with Gasteiger partial charge in [-0.05, 0) is 42.7 Å². The molecule has 144 valence electrons. The Morgan fingerprint density at radius 3 is 2.79 bits per heavy atom. The Morgan fingerprint density at radius 2 is 1.96 bits per heavy atom. The Bertz CT molecular complexity index is 920. The van der Waals surface area contributed by atoms with Crippen molar-refractivity contribution < 1.29 is 9.21 Å². The highest BCUT2D eigenvalue weighted by Crippen LogP contribution is 2.19. The number of carbonyl (C=O) groups is 1. The van der Waals surface area contributed by atoms with Crippen LogP contribution in [0.15, 0.2) is 59.5 Å². The molecule has 7 nitrogen and oxygen atoms in total. The fourth-order valence-electron chi connectivity index (χ4n) is 3.26. The molecule has 1 saturated heterocycles. The van der Waals surface area contributed by atoms with Crippen LogP contribution in [0.5, 0.6) is 0 Å². The summed E-state index contributed by atoms with van der Waals surface area (Å²) in [6, 6.07) is 13.2. The fraction of sp³-hybridized carbons (Fsp3) is 0.286. The van der Waals surface area contributed by atoms with Crippen LogP contribution in [0.1, 0.15) is 34.5 Å². The van der Waals surface area contributed by atoms with Crippen molar-refractivity contribution in [1.82, 2.24) is 15.3 Å². The maximum atomic E-state index is 12.4. The minimum atomic E-state index is -0.128. The van der Waals surface area contributed by atoms with Crippen LogP contribution < -0.4 is 15.5 Å². The van der Waals surface area contributed by atoms with Gasteiger partial charge in [0, 0.05) is 31.3 Å². The second-order valence-corrected chi connectivity index (χ2v) is 6.77. The Labute approximate surface area is 163 Å².